The van der Waals surface area contributed by atoms with Gasteiger partial charge in [0.05, 0.1) is 6.61 Å². The van der Waals surface area contributed by atoms with Crippen molar-refractivity contribution in [1.82, 2.24) is 10.2 Å². The van der Waals surface area contributed by atoms with Crippen molar-refractivity contribution in [2.45, 2.75) is 26.2 Å². The Balaban J connectivity index is 1.60. The van der Waals surface area contributed by atoms with Gasteiger partial charge < -0.3 is 20.7 Å². The molecule has 1 fully saturated rings. The molecule has 0 atom stereocenters. The topological polar surface area (TPSA) is 84.7 Å². The number of hydrogen-bond donors (Lipinski definition) is 2. The average molecular weight is 319 g/mol. The first-order chi connectivity index (χ1) is 11.1. The highest BCUT2D eigenvalue weighted by Crippen LogP contribution is 2.17. The van der Waals surface area contributed by atoms with Gasteiger partial charge in [0.15, 0.2) is 0 Å². The van der Waals surface area contributed by atoms with Gasteiger partial charge in [0.25, 0.3) is 0 Å². The summed E-state index contributed by atoms with van der Waals surface area (Å²) in [6, 6.07) is 7.79. The molecule has 0 saturated carbocycles. The first-order valence-corrected chi connectivity index (χ1v) is 8.08. The first-order valence-electron chi connectivity index (χ1n) is 8.08. The van der Waals surface area contributed by atoms with Crippen LogP contribution in [0.15, 0.2) is 24.3 Å². The molecular weight excluding hydrogens is 294 g/mol. The van der Waals surface area contributed by atoms with E-state index in [1.165, 1.54) is 0 Å². The van der Waals surface area contributed by atoms with Crippen LogP contribution >= 0.6 is 0 Å². The molecule has 0 aliphatic carbocycles. The molecule has 0 aromatic heterocycles. The van der Waals surface area contributed by atoms with Crippen LogP contribution in [0, 0.1) is 12.8 Å². The number of benzene rings is 1. The van der Waals surface area contributed by atoms with Crippen LogP contribution in [0.5, 0.6) is 5.75 Å². The number of nitrogens with two attached hydrogens (primary N) is 1. The molecule has 0 bridgehead atoms. The molecule has 6 heteroatoms. The molecule has 126 valence electrons. The minimum Gasteiger partial charge on any atom is -0.493 e. The van der Waals surface area contributed by atoms with E-state index in [2.05, 4.69) is 5.32 Å². The van der Waals surface area contributed by atoms with E-state index in [-0.39, 0.29) is 17.9 Å². The van der Waals surface area contributed by atoms with Gasteiger partial charge in [-0.2, -0.15) is 0 Å². The van der Waals surface area contributed by atoms with Crippen LogP contribution in [-0.4, -0.2) is 43.1 Å². The Labute approximate surface area is 137 Å². The number of carbonyl (C=O) groups is 2. The molecule has 0 radical (unpaired) electrons. The zero-order chi connectivity index (χ0) is 16.7. The van der Waals surface area contributed by atoms with Crippen molar-refractivity contribution in [2.24, 2.45) is 11.7 Å². The number of para-hydroxylation sites is 1. The molecule has 1 aliphatic rings. The maximum Gasteiger partial charge on any atom is 0.317 e. The molecule has 23 heavy (non-hydrogen) atoms. The zero-order valence-corrected chi connectivity index (χ0v) is 13.6. The van der Waals surface area contributed by atoms with E-state index in [0.717, 1.165) is 17.7 Å². The molecule has 0 spiro atoms. The summed E-state index contributed by atoms with van der Waals surface area (Å²) >= 11 is 0. The van der Waals surface area contributed by atoms with Crippen molar-refractivity contribution >= 4 is 11.9 Å². The molecular formula is C17H25N3O3. The second-order valence-corrected chi connectivity index (χ2v) is 5.86. The van der Waals surface area contributed by atoms with Gasteiger partial charge in [-0.15, -0.1) is 0 Å². The van der Waals surface area contributed by atoms with Gasteiger partial charge in [0, 0.05) is 25.6 Å². The second kappa shape index (κ2) is 8.41. The van der Waals surface area contributed by atoms with Gasteiger partial charge in [0.1, 0.15) is 5.75 Å². The standard InChI is InChI=1S/C17H25N3O3/c1-13-5-2-3-6-15(13)23-12-4-9-19-17(22)20-10-7-14(8-11-20)16(18)21/h2-3,5-6,14H,4,7-12H2,1H3,(H2,18,21)(H,19,22). The molecule has 3 amide bonds. The molecule has 2 rings (SSSR count). The van der Waals surface area contributed by atoms with Crippen LogP contribution in [0.3, 0.4) is 0 Å². The van der Waals surface area contributed by atoms with Crippen LogP contribution in [-0.2, 0) is 4.79 Å². The van der Waals surface area contributed by atoms with Crippen molar-refractivity contribution in [3.63, 3.8) is 0 Å². The number of rotatable bonds is 6. The quantitative estimate of drug-likeness (QED) is 0.782. The normalized spacial score (nSPS) is 15.3. The second-order valence-electron chi connectivity index (χ2n) is 5.86. The summed E-state index contributed by atoms with van der Waals surface area (Å²) in [5, 5.41) is 2.89. The van der Waals surface area contributed by atoms with E-state index in [1.807, 2.05) is 31.2 Å². The highest BCUT2D eigenvalue weighted by atomic mass is 16.5. The van der Waals surface area contributed by atoms with Crippen molar-refractivity contribution in [3.05, 3.63) is 29.8 Å². The van der Waals surface area contributed by atoms with Crippen LogP contribution < -0.4 is 15.8 Å². The van der Waals surface area contributed by atoms with E-state index < -0.39 is 0 Å². The monoisotopic (exact) mass is 319 g/mol. The lowest BCUT2D eigenvalue weighted by Crippen LogP contribution is -2.46. The number of urea groups is 1. The maximum atomic E-state index is 12.0. The number of primary amides is 1. The summed E-state index contributed by atoms with van der Waals surface area (Å²) in [5.41, 5.74) is 6.39. The summed E-state index contributed by atoms with van der Waals surface area (Å²) in [4.78, 5) is 24.9. The smallest absolute Gasteiger partial charge is 0.317 e. The lowest BCUT2D eigenvalue weighted by atomic mass is 9.96. The Morgan fingerprint density at radius 1 is 1.30 bits per heavy atom. The van der Waals surface area contributed by atoms with E-state index in [1.54, 1.807) is 4.90 Å². The number of nitrogens with zero attached hydrogens (tertiary/aromatic N) is 1. The fraction of sp³-hybridized carbons (Fsp3) is 0.529. The number of ether oxygens (including phenoxy) is 1. The Hall–Kier alpha value is -2.24. The number of hydrogen-bond acceptors (Lipinski definition) is 3. The largest absolute Gasteiger partial charge is 0.493 e. The predicted molar refractivity (Wildman–Crippen MR) is 88.2 cm³/mol. The molecule has 3 N–H and O–H groups in total. The molecule has 1 aromatic carbocycles. The van der Waals surface area contributed by atoms with Gasteiger partial charge >= 0.3 is 6.03 Å². The minimum atomic E-state index is -0.265. The summed E-state index contributed by atoms with van der Waals surface area (Å²) in [7, 11) is 0. The lowest BCUT2D eigenvalue weighted by Gasteiger charge is -2.30. The molecule has 1 saturated heterocycles. The summed E-state index contributed by atoms with van der Waals surface area (Å²) < 4.78 is 5.69. The minimum absolute atomic E-state index is 0.0798. The van der Waals surface area contributed by atoms with Gasteiger partial charge in [-0.1, -0.05) is 18.2 Å². The molecule has 1 heterocycles. The van der Waals surface area contributed by atoms with Crippen molar-refractivity contribution in [2.75, 3.05) is 26.2 Å². The Morgan fingerprint density at radius 2 is 2.00 bits per heavy atom. The van der Waals surface area contributed by atoms with Crippen molar-refractivity contribution in [1.29, 1.82) is 0 Å². The van der Waals surface area contributed by atoms with Gasteiger partial charge in [-0.25, -0.2) is 4.79 Å². The number of carbonyl (C=O) groups excluding carboxylic acids is 2. The van der Waals surface area contributed by atoms with E-state index in [0.29, 0.717) is 39.1 Å². The number of amides is 3. The third-order valence-electron chi connectivity index (χ3n) is 4.13. The third kappa shape index (κ3) is 5.16. The summed E-state index contributed by atoms with van der Waals surface area (Å²) in [5.74, 6) is 0.521. The van der Waals surface area contributed by atoms with Gasteiger partial charge in [-0.05, 0) is 37.8 Å². The van der Waals surface area contributed by atoms with Gasteiger partial charge in [0.2, 0.25) is 5.91 Å². The summed E-state index contributed by atoms with van der Waals surface area (Å²) in [6.45, 7) is 4.31. The lowest BCUT2D eigenvalue weighted by molar-refractivity contribution is -0.123. The fourth-order valence-corrected chi connectivity index (χ4v) is 2.65. The van der Waals surface area contributed by atoms with Crippen LogP contribution in [0.1, 0.15) is 24.8 Å². The number of piperidine rings is 1. The Kier molecular flexibility index (Phi) is 6.26. The van der Waals surface area contributed by atoms with Crippen molar-refractivity contribution < 1.29 is 14.3 Å². The average Bonchev–Trinajstić information content (AvgIpc) is 2.56. The van der Waals surface area contributed by atoms with Crippen LogP contribution in [0.2, 0.25) is 0 Å². The Bertz CT molecular complexity index is 540. The first kappa shape index (κ1) is 17.1. The SMILES string of the molecule is Cc1ccccc1OCCCNC(=O)N1CCC(C(N)=O)CC1. The molecule has 1 aliphatic heterocycles. The molecule has 6 nitrogen and oxygen atoms in total. The number of likely N-dealkylation sites (tertiary alicyclic amines) is 1. The number of aryl methyl sites for hydroxylation is 1. The van der Waals surface area contributed by atoms with E-state index in [4.69, 9.17) is 10.5 Å². The van der Waals surface area contributed by atoms with Crippen LogP contribution in [0.25, 0.3) is 0 Å². The maximum absolute atomic E-state index is 12.0. The van der Waals surface area contributed by atoms with Gasteiger partial charge in [-0.3, -0.25) is 4.79 Å². The van der Waals surface area contributed by atoms with Crippen molar-refractivity contribution in [3.8, 4) is 5.75 Å². The van der Waals surface area contributed by atoms with E-state index >= 15 is 0 Å². The highest BCUT2D eigenvalue weighted by molar-refractivity contribution is 5.78. The molecule has 0 unspecified atom stereocenters. The van der Waals surface area contributed by atoms with Crippen LogP contribution in [0.4, 0.5) is 4.79 Å². The third-order valence-corrected chi connectivity index (χ3v) is 4.13. The predicted octanol–water partition coefficient (Wildman–Crippen LogP) is 1.67. The number of nitrogens with one attached hydrogen (secondary N) is 1. The zero-order valence-electron chi connectivity index (χ0n) is 13.6. The highest BCUT2D eigenvalue weighted by Gasteiger charge is 2.25. The fourth-order valence-electron chi connectivity index (χ4n) is 2.65. The van der Waals surface area contributed by atoms with E-state index in [9.17, 15) is 9.59 Å². The Morgan fingerprint density at radius 3 is 2.65 bits per heavy atom. The molecule has 1 aromatic rings. The summed E-state index contributed by atoms with van der Waals surface area (Å²) in [6.07, 6.45) is 2.05.